The quantitative estimate of drug-likeness (QED) is 0.745. The Hall–Kier alpha value is -0.990. The van der Waals surface area contributed by atoms with Gasteiger partial charge in [0, 0.05) is 11.3 Å². The van der Waals surface area contributed by atoms with Crippen LogP contribution < -0.4 is 5.56 Å². The van der Waals surface area contributed by atoms with Gasteiger partial charge in [0.15, 0.2) is 0 Å². The van der Waals surface area contributed by atoms with Gasteiger partial charge in [0.2, 0.25) is 0 Å². The summed E-state index contributed by atoms with van der Waals surface area (Å²) in [6.45, 7) is 0. The molecule has 0 unspecified atom stereocenters. The van der Waals surface area contributed by atoms with Gasteiger partial charge in [0.1, 0.15) is 0 Å². The molecule has 2 aliphatic rings. The fourth-order valence-corrected chi connectivity index (χ4v) is 3.47. The average Bonchev–Trinajstić information content (AvgIpc) is 2.57. The van der Waals surface area contributed by atoms with Gasteiger partial charge in [-0.05, 0) is 38.5 Å². The zero-order valence-electron chi connectivity index (χ0n) is 10.5. The fraction of sp³-hybridized carbons (Fsp3) is 0.786. The summed E-state index contributed by atoms with van der Waals surface area (Å²) in [5, 5.41) is 3.11. The Labute approximate surface area is 102 Å². The van der Waals surface area contributed by atoms with Crippen molar-refractivity contribution in [3.8, 4) is 0 Å². The molecule has 1 N–H and O–H groups in total. The molecule has 3 rings (SSSR count). The Morgan fingerprint density at radius 1 is 0.941 bits per heavy atom. The summed E-state index contributed by atoms with van der Waals surface area (Å²) in [6, 6.07) is 0.562. The lowest BCUT2D eigenvalue weighted by Crippen LogP contribution is -2.15. The summed E-state index contributed by atoms with van der Waals surface area (Å²) in [7, 11) is 0. The second-order valence-electron chi connectivity index (χ2n) is 5.59. The number of nitrogens with zero attached hydrogens (tertiary/aromatic N) is 1. The molecule has 0 aliphatic heterocycles. The number of aromatic amines is 1. The SMILES string of the molecule is O=c1[nH]n(C2CCCCCC2)c2c1CCCC2. The molecule has 1 saturated carbocycles. The Kier molecular flexibility index (Phi) is 3.08. The van der Waals surface area contributed by atoms with E-state index in [9.17, 15) is 4.79 Å². The first-order chi connectivity index (χ1) is 8.36. The van der Waals surface area contributed by atoms with Crippen LogP contribution in [0, 0.1) is 0 Å². The van der Waals surface area contributed by atoms with Crippen LogP contribution in [0.15, 0.2) is 4.79 Å². The first-order valence-electron chi connectivity index (χ1n) is 7.18. The van der Waals surface area contributed by atoms with Gasteiger partial charge in [0.05, 0.1) is 6.04 Å². The molecule has 0 radical (unpaired) electrons. The third-order valence-corrected chi connectivity index (χ3v) is 4.42. The summed E-state index contributed by atoms with van der Waals surface area (Å²) in [4.78, 5) is 11.9. The van der Waals surface area contributed by atoms with Crippen LogP contribution in [0.2, 0.25) is 0 Å². The maximum absolute atomic E-state index is 11.9. The average molecular weight is 234 g/mol. The number of aromatic nitrogens is 2. The van der Waals surface area contributed by atoms with Crippen molar-refractivity contribution in [2.75, 3.05) is 0 Å². The Balaban J connectivity index is 1.93. The van der Waals surface area contributed by atoms with E-state index >= 15 is 0 Å². The maximum atomic E-state index is 11.9. The molecule has 3 nitrogen and oxygen atoms in total. The predicted molar refractivity (Wildman–Crippen MR) is 68.4 cm³/mol. The smallest absolute Gasteiger partial charge is 0.267 e. The molecule has 3 heteroatoms. The van der Waals surface area contributed by atoms with Crippen molar-refractivity contribution in [3.63, 3.8) is 0 Å². The topological polar surface area (TPSA) is 37.8 Å². The van der Waals surface area contributed by atoms with Crippen LogP contribution in [-0.4, -0.2) is 9.78 Å². The van der Waals surface area contributed by atoms with Crippen molar-refractivity contribution in [2.45, 2.75) is 70.3 Å². The van der Waals surface area contributed by atoms with Gasteiger partial charge >= 0.3 is 0 Å². The normalized spacial score (nSPS) is 22.1. The van der Waals surface area contributed by atoms with E-state index in [1.807, 2.05) is 0 Å². The molecule has 1 aromatic rings. The highest BCUT2D eigenvalue weighted by Gasteiger charge is 2.23. The monoisotopic (exact) mass is 234 g/mol. The van der Waals surface area contributed by atoms with E-state index in [0.717, 1.165) is 18.4 Å². The lowest BCUT2D eigenvalue weighted by molar-refractivity contribution is 0.387. The van der Waals surface area contributed by atoms with E-state index < -0.39 is 0 Å². The number of H-pyrrole nitrogens is 1. The summed E-state index contributed by atoms with van der Waals surface area (Å²) in [5.74, 6) is 0. The van der Waals surface area contributed by atoms with Crippen molar-refractivity contribution in [1.82, 2.24) is 9.78 Å². The van der Waals surface area contributed by atoms with Crippen LogP contribution >= 0.6 is 0 Å². The minimum absolute atomic E-state index is 0.184. The van der Waals surface area contributed by atoms with Gasteiger partial charge in [-0.15, -0.1) is 0 Å². The molecular formula is C14H22N2O. The minimum Gasteiger partial charge on any atom is -0.286 e. The van der Waals surface area contributed by atoms with E-state index in [0.29, 0.717) is 6.04 Å². The lowest BCUT2D eigenvalue weighted by atomic mass is 9.97. The largest absolute Gasteiger partial charge is 0.286 e. The van der Waals surface area contributed by atoms with Gasteiger partial charge in [-0.1, -0.05) is 25.7 Å². The molecule has 17 heavy (non-hydrogen) atoms. The standard InChI is InChI=1S/C14H22N2O/c17-14-12-9-5-6-10-13(12)16(15-14)11-7-3-1-2-4-8-11/h11H,1-10H2,(H,15,17). The van der Waals surface area contributed by atoms with Crippen LogP contribution in [0.5, 0.6) is 0 Å². The van der Waals surface area contributed by atoms with Crippen LogP contribution in [0.4, 0.5) is 0 Å². The first-order valence-corrected chi connectivity index (χ1v) is 7.18. The van der Waals surface area contributed by atoms with Gasteiger partial charge < -0.3 is 0 Å². The molecule has 0 bridgehead atoms. The highest BCUT2D eigenvalue weighted by atomic mass is 16.1. The molecule has 2 aliphatic carbocycles. The molecule has 0 saturated heterocycles. The van der Waals surface area contributed by atoms with Crippen molar-refractivity contribution in [2.24, 2.45) is 0 Å². The third-order valence-electron chi connectivity index (χ3n) is 4.42. The van der Waals surface area contributed by atoms with Crippen LogP contribution in [-0.2, 0) is 12.8 Å². The van der Waals surface area contributed by atoms with Gasteiger partial charge in [-0.3, -0.25) is 14.6 Å². The van der Waals surface area contributed by atoms with E-state index in [1.54, 1.807) is 0 Å². The second kappa shape index (κ2) is 4.71. The summed E-state index contributed by atoms with van der Waals surface area (Å²) in [6.07, 6.45) is 12.4. The molecule has 0 amide bonds. The number of hydrogen-bond acceptors (Lipinski definition) is 1. The third kappa shape index (κ3) is 2.07. The fourth-order valence-electron chi connectivity index (χ4n) is 3.47. The van der Waals surface area contributed by atoms with E-state index in [4.69, 9.17) is 0 Å². The molecular weight excluding hydrogens is 212 g/mol. The van der Waals surface area contributed by atoms with Crippen molar-refractivity contribution in [3.05, 3.63) is 21.6 Å². The zero-order chi connectivity index (χ0) is 11.7. The van der Waals surface area contributed by atoms with Crippen LogP contribution in [0.25, 0.3) is 0 Å². The molecule has 94 valence electrons. The van der Waals surface area contributed by atoms with Gasteiger partial charge in [0.25, 0.3) is 5.56 Å². The van der Waals surface area contributed by atoms with Crippen LogP contribution in [0.1, 0.15) is 68.7 Å². The highest BCUT2D eigenvalue weighted by molar-refractivity contribution is 5.21. The number of rotatable bonds is 1. The van der Waals surface area contributed by atoms with Crippen LogP contribution in [0.3, 0.4) is 0 Å². The number of hydrogen-bond donors (Lipinski definition) is 1. The number of nitrogens with one attached hydrogen (secondary N) is 1. The summed E-state index contributed by atoms with van der Waals surface area (Å²) in [5.41, 5.74) is 2.59. The molecule has 1 heterocycles. The lowest BCUT2D eigenvalue weighted by Gasteiger charge is -2.21. The molecule has 1 aromatic heterocycles. The molecule has 0 spiro atoms. The van der Waals surface area contributed by atoms with E-state index in [1.165, 1.54) is 57.1 Å². The van der Waals surface area contributed by atoms with Gasteiger partial charge in [-0.2, -0.15) is 0 Å². The molecule has 0 aromatic carbocycles. The Morgan fingerprint density at radius 3 is 2.41 bits per heavy atom. The summed E-state index contributed by atoms with van der Waals surface area (Å²) >= 11 is 0. The molecule has 1 fully saturated rings. The first kappa shape index (κ1) is 11.1. The van der Waals surface area contributed by atoms with Crippen molar-refractivity contribution >= 4 is 0 Å². The number of fused-ring (bicyclic) bond motifs is 1. The van der Waals surface area contributed by atoms with E-state index in [2.05, 4.69) is 9.78 Å². The Morgan fingerprint density at radius 2 is 1.65 bits per heavy atom. The molecule has 0 atom stereocenters. The zero-order valence-corrected chi connectivity index (χ0v) is 10.5. The highest BCUT2D eigenvalue weighted by Crippen LogP contribution is 2.29. The predicted octanol–water partition coefficient (Wildman–Crippen LogP) is 2.95. The van der Waals surface area contributed by atoms with Crippen molar-refractivity contribution < 1.29 is 0 Å². The summed E-state index contributed by atoms with van der Waals surface area (Å²) < 4.78 is 2.24. The second-order valence-corrected chi connectivity index (χ2v) is 5.59. The van der Waals surface area contributed by atoms with E-state index in [-0.39, 0.29) is 5.56 Å². The van der Waals surface area contributed by atoms with Crippen molar-refractivity contribution in [1.29, 1.82) is 0 Å². The maximum Gasteiger partial charge on any atom is 0.267 e. The van der Waals surface area contributed by atoms with Gasteiger partial charge in [-0.25, -0.2) is 0 Å². The Bertz CT molecular complexity index is 436. The minimum atomic E-state index is 0.184.